The van der Waals surface area contributed by atoms with Crippen molar-refractivity contribution >= 4 is 6.29 Å². The molecule has 2 aromatic rings. The van der Waals surface area contributed by atoms with E-state index in [0.29, 0.717) is 12.0 Å². The number of hydrogen-bond donors (Lipinski definition) is 0. The molecule has 0 atom stereocenters. The Bertz CT molecular complexity index is 635. The highest BCUT2D eigenvalue weighted by Gasteiger charge is 2.09. The Hall–Kier alpha value is -2.30. The number of halogens is 1. The second-order valence-corrected chi connectivity index (χ2v) is 3.52. The number of aryl methyl sites for hydroxylation is 1. The standard InChI is InChI=1S/C12H9FN2O2/c1-8-6-12(17)10(7-16)14-15(8)11-5-3-2-4-9(11)13/h2-7H,1H3. The Morgan fingerprint density at radius 3 is 2.71 bits per heavy atom. The van der Waals surface area contributed by atoms with E-state index in [9.17, 15) is 14.0 Å². The fourth-order valence-electron chi connectivity index (χ4n) is 1.51. The second kappa shape index (κ2) is 4.29. The van der Waals surface area contributed by atoms with Crippen molar-refractivity contribution in [1.82, 2.24) is 9.78 Å². The Morgan fingerprint density at radius 2 is 2.06 bits per heavy atom. The smallest absolute Gasteiger partial charge is 0.211 e. The first kappa shape index (κ1) is 11.2. The monoisotopic (exact) mass is 232 g/mol. The Morgan fingerprint density at radius 1 is 1.35 bits per heavy atom. The average Bonchev–Trinajstić information content (AvgIpc) is 2.31. The number of para-hydroxylation sites is 1. The number of aromatic nitrogens is 2. The molecule has 1 heterocycles. The summed E-state index contributed by atoms with van der Waals surface area (Å²) in [6, 6.07) is 7.27. The number of carbonyl (C=O) groups is 1. The highest BCUT2D eigenvalue weighted by Crippen LogP contribution is 2.12. The van der Waals surface area contributed by atoms with Crippen LogP contribution in [0.15, 0.2) is 35.1 Å². The molecule has 86 valence electrons. The van der Waals surface area contributed by atoms with Crippen molar-refractivity contribution in [2.45, 2.75) is 6.92 Å². The topological polar surface area (TPSA) is 52.0 Å². The minimum absolute atomic E-state index is 0.202. The summed E-state index contributed by atoms with van der Waals surface area (Å²) >= 11 is 0. The summed E-state index contributed by atoms with van der Waals surface area (Å²) in [6.45, 7) is 1.62. The SMILES string of the molecule is Cc1cc(=O)c(C=O)nn1-c1ccccc1F. The Kier molecular flexibility index (Phi) is 2.82. The summed E-state index contributed by atoms with van der Waals surface area (Å²) in [6.07, 6.45) is 0.360. The first-order chi connectivity index (χ1) is 8.13. The minimum atomic E-state index is -0.469. The fourth-order valence-corrected chi connectivity index (χ4v) is 1.51. The van der Waals surface area contributed by atoms with Gasteiger partial charge in [0.2, 0.25) is 5.43 Å². The summed E-state index contributed by atoms with van der Waals surface area (Å²) in [5.41, 5.74) is -0.0391. The molecule has 1 aromatic carbocycles. The van der Waals surface area contributed by atoms with Gasteiger partial charge in [-0.2, -0.15) is 5.10 Å². The predicted octanol–water partition coefficient (Wildman–Crippen LogP) is 1.49. The van der Waals surface area contributed by atoms with E-state index in [2.05, 4.69) is 5.10 Å². The van der Waals surface area contributed by atoms with Crippen molar-refractivity contribution in [2.75, 3.05) is 0 Å². The van der Waals surface area contributed by atoms with Gasteiger partial charge in [0.25, 0.3) is 0 Å². The average molecular weight is 232 g/mol. The van der Waals surface area contributed by atoms with Crippen LogP contribution < -0.4 is 5.43 Å². The molecule has 0 fully saturated rings. The molecule has 0 aliphatic heterocycles. The molecule has 0 unspecified atom stereocenters. The number of hydrogen-bond acceptors (Lipinski definition) is 3. The zero-order valence-electron chi connectivity index (χ0n) is 9.05. The van der Waals surface area contributed by atoms with E-state index >= 15 is 0 Å². The lowest BCUT2D eigenvalue weighted by Gasteiger charge is -2.09. The molecule has 0 saturated heterocycles. The molecule has 0 aliphatic rings. The third-order valence-corrected chi connectivity index (χ3v) is 2.33. The maximum Gasteiger partial charge on any atom is 0.211 e. The van der Waals surface area contributed by atoms with Gasteiger partial charge in [-0.15, -0.1) is 0 Å². The van der Waals surface area contributed by atoms with Gasteiger partial charge in [0.05, 0.1) is 0 Å². The van der Waals surface area contributed by atoms with Crippen LogP contribution in [0.3, 0.4) is 0 Å². The van der Waals surface area contributed by atoms with Gasteiger partial charge in [0, 0.05) is 11.8 Å². The molecule has 0 spiro atoms. The van der Waals surface area contributed by atoms with Crippen LogP contribution in [0.25, 0.3) is 5.69 Å². The van der Waals surface area contributed by atoms with Crippen LogP contribution in [0.1, 0.15) is 16.2 Å². The lowest BCUT2D eigenvalue weighted by molar-refractivity contribution is 0.111. The zero-order valence-corrected chi connectivity index (χ0v) is 9.05. The lowest BCUT2D eigenvalue weighted by Crippen LogP contribution is -2.18. The van der Waals surface area contributed by atoms with Gasteiger partial charge in [0.1, 0.15) is 11.5 Å². The number of aldehydes is 1. The van der Waals surface area contributed by atoms with E-state index in [1.54, 1.807) is 19.1 Å². The van der Waals surface area contributed by atoms with Gasteiger partial charge < -0.3 is 0 Å². The largest absolute Gasteiger partial charge is 0.296 e. The molecule has 0 aliphatic carbocycles. The van der Waals surface area contributed by atoms with Gasteiger partial charge in [-0.1, -0.05) is 12.1 Å². The van der Waals surface area contributed by atoms with Gasteiger partial charge in [-0.3, -0.25) is 9.59 Å². The van der Waals surface area contributed by atoms with Crippen LogP contribution >= 0.6 is 0 Å². The van der Waals surface area contributed by atoms with Gasteiger partial charge in [0.15, 0.2) is 12.0 Å². The maximum atomic E-state index is 13.6. The van der Waals surface area contributed by atoms with Crippen LogP contribution in [-0.2, 0) is 0 Å². The summed E-state index contributed by atoms with van der Waals surface area (Å²) in [5.74, 6) is -0.469. The van der Waals surface area contributed by atoms with E-state index in [1.807, 2.05) is 0 Å². The van der Waals surface area contributed by atoms with E-state index in [-0.39, 0.29) is 11.4 Å². The number of carbonyl (C=O) groups excluding carboxylic acids is 1. The zero-order chi connectivity index (χ0) is 12.4. The molecule has 0 radical (unpaired) electrons. The van der Waals surface area contributed by atoms with Crippen LogP contribution in [0.4, 0.5) is 4.39 Å². The molecular formula is C12H9FN2O2. The first-order valence-electron chi connectivity index (χ1n) is 4.94. The number of nitrogens with zero attached hydrogens (tertiary/aromatic N) is 2. The quantitative estimate of drug-likeness (QED) is 0.737. The highest BCUT2D eigenvalue weighted by atomic mass is 19.1. The van der Waals surface area contributed by atoms with Crippen molar-refractivity contribution in [1.29, 1.82) is 0 Å². The van der Waals surface area contributed by atoms with Crippen LogP contribution in [0, 0.1) is 12.7 Å². The van der Waals surface area contributed by atoms with Crippen molar-refractivity contribution in [3.63, 3.8) is 0 Å². The molecule has 0 amide bonds. The van der Waals surface area contributed by atoms with Gasteiger partial charge in [-0.25, -0.2) is 9.07 Å². The predicted molar refractivity (Wildman–Crippen MR) is 59.9 cm³/mol. The van der Waals surface area contributed by atoms with Gasteiger partial charge >= 0.3 is 0 Å². The summed E-state index contributed by atoms with van der Waals surface area (Å²) < 4.78 is 14.8. The fraction of sp³-hybridized carbons (Fsp3) is 0.0833. The number of benzene rings is 1. The van der Waals surface area contributed by atoms with Crippen molar-refractivity contribution in [2.24, 2.45) is 0 Å². The Labute approximate surface area is 96.3 Å². The molecule has 4 nitrogen and oxygen atoms in total. The highest BCUT2D eigenvalue weighted by molar-refractivity contribution is 5.71. The molecular weight excluding hydrogens is 223 g/mol. The van der Waals surface area contributed by atoms with E-state index in [1.165, 1.54) is 22.9 Å². The van der Waals surface area contributed by atoms with E-state index in [4.69, 9.17) is 0 Å². The lowest BCUT2D eigenvalue weighted by atomic mass is 10.3. The molecule has 2 rings (SSSR count). The van der Waals surface area contributed by atoms with E-state index < -0.39 is 11.2 Å². The Balaban J connectivity index is 2.72. The normalized spacial score (nSPS) is 10.2. The molecule has 0 bridgehead atoms. The summed E-state index contributed by atoms with van der Waals surface area (Å²) in [4.78, 5) is 22.0. The second-order valence-electron chi connectivity index (χ2n) is 3.52. The molecule has 17 heavy (non-hydrogen) atoms. The minimum Gasteiger partial charge on any atom is -0.296 e. The van der Waals surface area contributed by atoms with Crippen molar-refractivity contribution in [3.8, 4) is 5.69 Å². The number of rotatable bonds is 2. The molecule has 5 heteroatoms. The van der Waals surface area contributed by atoms with Crippen LogP contribution in [0.5, 0.6) is 0 Å². The molecule has 1 aromatic heterocycles. The molecule has 0 N–H and O–H groups in total. The maximum absolute atomic E-state index is 13.6. The third-order valence-electron chi connectivity index (χ3n) is 2.33. The van der Waals surface area contributed by atoms with Crippen molar-refractivity contribution < 1.29 is 9.18 Å². The summed E-state index contributed by atoms with van der Waals surface area (Å²) in [5, 5.41) is 3.82. The van der Waals surface area contributed by atoms with Gasteiger partial charge in [-0.05, 0) is 19.1 Å². The van der Waals surface area contributed by atoms with Crippen molar-refractivity contribution in [3.05, 3.63) is 57.8 Å². The molecule has 0 saturated carbocycles. The van der Waals surface area contributed by atoms with E-state index in [0.717, 1.165) is 0 Å². The summed E-state index contributed by atoms with van der Waals surface area (Å²) in [7, 11) is 0. The third kappa shape index (κ3) is 1.99. The first-order valence-corrected chi connectivity index (χ1v) is 4.94. The van der Waals surface area contributed by atoms with Crippen LogP contribution in [-0.4, -0.2) is 16.1 Å². The van der Waals surface area contributed by atoms with Crippen LogP contribution in [0.2, 0.25) is 0 Å².